The first-order valence-electron chi connectivity index (χ1n) is 6.92. The molecule has 2 aromatic rings. The number of ether oxygens (including phenoxy) is 1. The van der Waals surface area contributed by atoms with Gasteiger partial charge in [-0.2, -0.15) is 0 Å². The third-order valence-corrected chi connectivity index (χ3v) is 4.36. The summed E-state index contributed by atoms with van der Waals surface area (Å²) in [7, 11) is 0. The summed E-state index contributed by atoms with van der Waals surface area (Å²) in [4.78, 5) is 0. The predicted octanol–water partition coefficient (Wildman–Crippen LogP) is 4.62. The van der Waals surface area contributed by atoms with Crippen molar-refractivity contribution in [3.63, 3.8) is 0 Å². The first-order valence-corrected chi connectivity index (χ1v) is 8.09. The summed E-state index contributed by atoms with van der Waals surface area (Å²) in [6.07, 6.45) is 0.848. The molecular formula is C17H16BrClO2. The zero-order chi connectivity index (χ0) is 15.0. The van der Waals surface area contributed by atoms with Crippen LogP contribution in [0, 0.1) is 6.92 Å². The maximum Gasteiger partial charge on any atom is 0.125 e. The molecular weight excluding hydrogens is 352 g/mol. The molecule has 0 bridgehead atoms. The molecule has 3 rings (SSSR count). The number of fused-ring (bicyclic) bond motifs is 1. The second kappa shape index (κ2) is 5.99. The fourth-order valence-electron chi connectivity index (χ4n) is 2.78. The highest BCUT2D eigenvalue weighted by atomic mass is 79.9. The van der Waals surface area contributed by atoms with Gasteiger partial charge in [0.15, 0.2) is 0 Å². The van der Waals surface area contributed by atoms with Crippen molar-refractivity contribution in [1.29, 1.82) is 0 Å². The molecule has 1 heterocycles. The van der Waals surface area contributed by atoms with Crippen molar-refractivity contribution in [3.05, 3.63) is 62.1 Å². The molecule has 1 atom stereocenters. The van der Waals surface area contributed by atoms with Gasteiger partial charge in [-0.3, -0.25) is 0 Å². The van der Waals surface area contributed by atoms with Crippen molar-refractivity contribution in [2.75, 3.05) is 6.61 Å². The average Bonchev–Trinajstić information content (AvgIpc) is 2.85. The molecule has 1 N–H and O–H groups in total. The molecule has 0 aliphatic carbocycles. The molecule has 4 heteroatoms. The average molecular weight is 368 g/mol. The van der Waals surface area contributed by atoms with Crippen LogP contribution in [-0.4, -0.2) is 11.7 Å². The lowest BCUT2D eigenvalue weighted by Gasteiger charge is -2.15. The Balaban J connectivity index is 1.90. The topological polar surface area (TPSA) is 29.5 Å². The van der Waals surface area contributed by atoms with Crippen LogP contribution >= 0.6 is 27.5 Å². The fraction of sp³-hybridized carbons (Fsp3) is 0.294. The molecule has 21 heavy (non-hydrogen) atoms. The number of aliphatic hydroxyl groups excluding tert-OH is 1. The molecule has 0 saturated carbocycles. The van der Waals surface area contributed by atoms with Crippen molar-refractivity contribution < 1.29 is 9.84 Å². The maximum atomic E-state index is 10.5. The lowest BCUT2D eigenvalue weighted by molar-refractivity contribution is 0.177. The van der Waals surface area contributed by atoms with Crippen LogP contribution in [0.5, 0.6) is 5.75 Å². The number of benzene rings is 2. The van der Waals surface area contributed by atoms with E-state index in [0.29, 0.717) is 18.1 Å². The summed E-state index contributed by atoms with van der Waals surface area (Å²) in [6, 6.07) is 9.78. The van der Waals surface area contributed by atoms with Gasteiger partial charge in [0.1, 0.15) is 5.75 Å². The molecule has 2 aromatic carbocycles. The van der Waals surface area contributed by atoms with E-state index in [-0.39, 0.29) is 0 Å². The summed E-state index contributed by atoms with van der Waals surface area (Å²) < 4.78 is 6.74. The minimum Gasteiger partial charge on any atom is -0.493 e. The van der Waals surface area contributed by atoms with E-state index < -0.39 is 6.10 Å². The lowest BCUT2D eigenvalue weighted by Crippen LogP contribution is -2.04. The zero-order valence-corrected chi connectivity index (χ0v) is 14.0. The monoisotopic (exact) mass is 366 g/mol. The summed E-state index contributed by atoms with van der Waals surface area (Å²) in [6.45, 7) is 2.69. The predicted molar refractivity (Wildman–Crippen MR) is 88.2 cm³/mol. The third kappa shape index (κ3) is 3.25. The summed E-state index contributed by atoms with van der Waals surface area (Å²) in [5.74, 6) is 0.927. The number of aliphatic hydroxyl groups is 1. The van der Waals surface area contributed by atoms with E-state index in [9.17, 15) is 5.11 Å². The van der Waals surface area contributed by atoms with Crippen LogP contribution in [0.15, 0.2) is 34.8 Å². The van der Waals surface area contributed by atoms with Gasteiger partial charge in [0.25, 0.3) is 0 Å². The van der Waals surface area contributed by atoms with Crippen molar-refractivity contribution >= 4 is 27.5 Å². The Hall–Kier alpha value is -1.03. The Labute approximate surface area is 137 Å². The Morgan fingerprint density at radius 3 is 2.86 bits per heavy atom. The molecule has 0 radical (unpaired) electrons. The van der Waals surface area contributed by atoms with Crippen molar-refractivity contribution in [1.82, 2.24) is 0 Å². The molecule has 0 aromatic heterocycles. The first-order chi connectivity index (χ1) is 10.0. The van der Waals surface area contributed by atoms with Crippen LogP contribution in [0.1, 0.15) is 28.4 Å². The Morgan fingerprint density at radius 1 is 1.29 bits per heavy atom. The highest BCUT2D eigenvalue weighted by Crippen LogP contribution is 2.35. The summed E-state index contributed by atoms with van der Waals surface area (Å²) in [5.41, 5.74) is 4.12. The number of aryl methyl sites for hydroxylation is 1. The maximum absolute atomic E-state index is 10.5. The lowest BCUT2D eigenvalue weighted by atomic mass is 9.98. The van der Waals surface area contributed by atoms with Gasteiger partial charge in [0.05, 0.1) is 12.7 Å². The molecule has 1 unspecified atom stereocenters. The van der Waals surface area contributed by atoms with Gasteiger partial charge in [0, 0.05) is 22.3 Å². The molecule has 0 amide bonds. The second-order valence-corrected chi connectivity index (χ2v) is 6.79. The Morgan fingerprint density at radius 2 is 2.10 bits per heavy atom. The van der Waals surface area contributed by atoms with Gasteiger partial charge >= 0.3 is 0 Å². The number of hydrogen-bond donors (Lipinski definition) is 1. The molecule has 0 spiro atoms. The van der Waals surface area contributed by atoms with E-state index in [4.69, 9.17) is 16.3 Å². The van der Waals surface area contributed by atoms with E-state index in [1.807, 2.05) is 31.2 Å². The molecule has 0 fully saturated rings. The van der Waals surface area contributed by atoms with Gasteiger partial charge < -0.3 is 9.84 Å². The van der Waals surface area contributed by atoms with Crippen LogP contribution in [0.2, 0.25) is 5.02 Å². The number of rotatable bonds is 3. The standard InChI is InChI=1S/C17H16BrClO2/c1-10-4-12(8-15(19)5-10)16(20)9-13-7-14(18)6-11-2-3-21-17(11)13/h4-8,16,20H,2-3,9H2,1H3. The minimum atomic E-state index is -0.593. The summed E-state index contributed by atoms with van der Waals surface area (Å²) >= 11 is 9.60. The summed E-state index contributed by atoms with van der Waals surface area (Å²) in [5, 5.41) is 11.2. The zero-order valence-electron chi connectivity index (χ0n) is 11.7. The smallest absolute Gasteiger partial charge is 0.125 e. The third-order valence-electron chi connectivity index (χ3n) is 3.69. The highest BCUT2D eigenvalue weighted by Gasteiger charge is 2.20. The fourth-order valence-corrected chi connectivity index (χ4v) is 3.63. The van der Waals surface area contributed by atoms with Gasteiger partial charge in [0.2, 0.25) is 0 Å². The quantitative estimate of drug-likeness (QED) is 0.857. The SMILES string of the molecule is Cc1cc(Cl)cc(C(O)Cc2cc(Br)cc3c2OCC3)c1. The molecule has 110 valence electrons. The highest BCUT2D eigenvalue weighted by molar-refractivity contribution is 9.10. The van der Waals surface area contributed by atoms with E-state index in [1.165, 1.54) is 5.56 Å². The first kappa shape index (κ1) is 14.9. The largest absolute Gasteiger partial charge is 0.493 e. The van der Waals surface area contributed by atoms with Crippen LogP contribution in [-0.2, 0) is 12.8 Å². The van der Waals surface area contributed by atoms with Gasteiger partial charge in [-0.05, 0) is 53.4 Å². The molecule has 1 aliphatic heterocycles. The van der Waals surface area contributed by atoms with Crippen LogP contribution < -0.4 is 4.74 Å². The molecule has 2 nitrogen and oxygen atoms in total. The van der Waals surface area contributed by atoms with E-state index in [0.717, 1.165) is 33.3 Å². The minimum absolute atomic E-state index is 0.515. The van der Waals surface area contributed by atoms with Crippen molar-refractivity contribution in [2.24, 2.45) is 0 Å². The van der Waals surface area contributed by atoms with Crippen molar-refractivity contribution in [3.8, 4) is 5.75 Å². The van der Waals surface area contributed by atoms with Crippen LogP contribution in [0.3, 0.4) is 0 Å². The number of hydrogen-bond acceptors (Lipinski definition) is 2. The van der Waals surface area contributed by atoms with Crippen molar-refractivity contribution in [2.45, 2.75) is 25.9 Å². The molecule has 0 saturated heterocycles. The van der Waals surface area contributed by atoms with Crippen LogP contribution in [0.25, 0.3) is 0 Å². The van der Waals surface area contributed by atoms with Gasteiger partial charge in [-0.1, -0.05) is 33.6 Å². The van der Waals surface area contributed by atoms with E-state index >= 15 is 0 Å². The Bertz CT molecular complexity index is 664. The number of halogens is 2. The second-order valence-electron chi connectivity index (χ2n) is 5.43. The van der Waals surface area contributed by atoms with E-state index in [1.54, 1.807) is 0 Å². The normalized spacial score (nSPS) is 14.7. The molecule has 1 aliphatic rings. The van der Waals surface area contributed by atoms with Crippen LogP contribution in [0.4, 0.5) is 0 Å². The Kier molecular flexibility index (Phi) is 4.25. The van der Waals surface area contributed by atoms with Gasteiger partial charge in [-0.15, -0.1) is 0 Å². The van der Waals surface area contributed by atoms with Gasteiger partial charge in [-0.25, -0.2) is 0 Å². The van der Waals surface area contributed by atoms with E-state index in [2.05, 4.69) is 22.0 Å².